The quantitative estimate of drug-likeness (QED) is 0.337. The summed E-state index contributed by atoms with van der Waals surface area (Å²) in [5, 5.41) is 4.91. The largest absolute Gasteiger partial charge is 0.333 e. The van der Waals surface area contributed by atoms with Gasteiger partial charge in [-0.2, -0.15) is 0 Å². The number of nitrogens with one attached hydrogen (secondary N) is 1. The Labute approximate surface area is 218 Å². The molecule has 0 amide bonds. The van der Waals surface area contributed by atoms with Crippen molar-refractivity contribution in [3.63, 3.8) is 0 Å². The molecule has 3 aromatic rings. The van der Waals surface area contributed by atoms with Crippen LogP contribution in [0.1, 0.15) is 84.6 Å². The summed E-state index contributed by atoms with van der Waals surface area (Å²) in [7, 11) is 0. The van der Waals surface area contributed by atoms with Crippen LogP contribution < -0.4 is 10.4 Å². The van der Waals surface area contributed by atoms with Crippen molar-refractivity contribution in [3.8, 4) is 0 Å². The zero-order chi connectivity index (χ0) is 26.1. The second-order valence-corrected chi connectivity index (χ2v) is 16.1. The van der Waals surface area contributed by atoms with E-state index in [1.165, 1.54) is 16.7 Å². The van der Waals surface area contributed by atoms with Crippen LogP contribution in [-0.2, 0) is 39.2 Å². The molecule has 0 heterocycles. The van der Waals surface area contributed by atoms with E-state index in [9.17, 15) is 0 Å². The zero-order valence-corrected chi connectivity index (χ0v) is 24.6. The van der Waals surface area contributed by atoms with Crippen LogP contribution in [0, 0.1) is 0 Å². The van der Waals surface area contributed by atoms with Crippen molar-refractivity contribution in [1.82, 2.24) is 0 Å². The smallest absolute Gasteiger partial charge is 0.183 e. The standard InChI is InChI=1S/C31H42NOPS/c1-29(2,3)24-20-26(30(4,5)6)28(27(21-24)31(7,8)9)32-34(35,25-18-14-11-15-19-25)33-22-23-16-12-10-13-17-23/h10-21H,22H2,1-9H3,(H,32,35)/t34-/m0/s1. The minimum absolute atomic E-state index is 0.0436. The molecule has 0 aliphatic carbocycles. The van der Waals surface area contributed by atoms with E-state index in [0.29, 0.717) is 6.61 Å². The van der Waals surface area contributed by atoms with Crippen molar-refractivity contribution in [3.05, 3.63) is 95.1 Å². The van der Waals surface area contributed by atoms with Gasteiger partial charge in [0.15, 0.2) is 6.42 Å². The topological polar surface area (TPSA) is 21.3 Å². The van der Waals surface area contributed by atoms with E-state index in [2.05, 4.69) is 104 Å². The lowest BCUT2D eigenvalue weighted by Crippen LogP contribution is -2.25. The lowest BCUT2D eigenvalue weighted by Gasteiger charge is -2.36. The van der Waals surface area contributed by atoms with Crippen molar-refractivity contribution in [2.75, 3.05) is 5.09 Å². The Bertz CT molecular complexity index is 1150. The first-order valence-electron chi connectivity index (χ1n) is 12.4. The van der Waals surface area contributed by atoms with Crippen molar-refractivity contribution in [2.45, 2.75) is 85.2 Å². The summed E-state index contributed by atoms with van der Waals surface area (Å²) >= 11 is 6.40. The van der Waals surface area contributed by atoms with Crippen LogP contribution >= 0.6 is 6.42 Å². The molecular formula is C31H42NOPS. The Balaban J connectivity index is 2.22. The molecule has 0 bridgehead atoms. The molecular weight excluding hydrogens is 465 g/mol. The summed E-state index contributed by atoms with van der Waals surface area (Å²) in [5.41, 5.74) is 6.05. The molecule has 1 atom stereocenters. The highest BCUT2D eigenvalue weighted by Gasteiger charge is 2.32. The lowest BCUT2D eigenvalue weighted by molar-refractivity contribution is 0.346. The lowest BCUT2D eigenvalue weighted by atomic mass is 9.74. The average Bonchev–Trinajstić information content (AvgIpc) is 2.77. The van der Waals surface area contributed by atoms with E-state index in [1.54, 1.807) is 0 Å². The molecule has 0 aliphatic heterocycles. The van der Waals surface area contributed by atoms with Crippen LogP contribution in [0.2, 0.25) is 0 Å². The van der Waals surface area contributed by atoms with E-state index in [0.717, 1.165) is 16.6 Å². The van der Waals surface area contributed by atoms with Gasteiger partial charge in [-0.1, -0.05) is 123 Å². The first kappa shape index (κ1) is 27.7. The van der Waals surface area contributed by atoms with Crippen LogP contribution in [0.15, 0.2) is 72.8 Å². The van der Waals surface area contributed by atoms with Crippen molar-refractivity contribution < 1.29 is 4.52 Å². The van der Waals surface area contributed by atoms with Gasteiger partial charge in [-0.3, -0.25) is 0 Å². The number of rotatable bonds is 6. The maximum atomic E-state index is 6.65. The van der Waals surface area contributed by atoms with Gasteiger partial charge in [-0.05, 0) is 62.4 Å². The third-order valence-electron chi connectivity index (χ3n) is 6.23. The van der Waals surface area contributed by atoms with Crippen LogP contribution in [0.25, 0.3) is 0 Å². The van der Waals surface area contributed by atoms with E-state index >= 15 is 0 Å². The van der Waals surface area contributed by atoms with Gasteiger partial charge < -0.3 is 9.61 Å². The second kappa shape index (κ2) is 10.2. The Morgan fingerprint density at radius 1 is 0.686 bits per heavy atom. The van der Waals surface area contributed by atoms with E-state index < -0.39 is 6.42 Å². The van der Waals surface area contributed by atoms with Gasteiger partial charge in [-0.25, -0.2) is 0 Å². The fourth-order valence-electron chi connectivity index (χ4n) is 4.06. The predicted molar refractivity (Wildman–Crippen MR) is 158 cm³/mol. The Kier molecular flexibility index (Phi) is 8.07. The normalized spacial score (nSPS) is 14.4. The minimum atomic E-state index is -2.62. The van der Waals surface area contributed by atoms with Crippen molar-refractivity contribution in [1.29, 1.82) is 0 Å². The first-order chi connectivity index (χ1) is 16.1. The molecule has 0 saturated carbocycles. The zero-order valence-electron chi connectivity index (χ0n) is 22.9. The average molecular weight is 508 g/mol. The first-order valence-corrected chi connectivity index (χ1v) is 15.2. The Morgan fingerprint density at radius 3 is 1.57 bits per heavy atom. The Morgan fingerprint density at radius 2 is 1.14 bits per heavy atom. The van der Waals surface area contributed by atoms with E-state index in [-0.39, 0.29) is 16.2 Å². The summed E-state index contributed by atoms with van der Waals surface area (Å²) in [6, 6.07) is 25.3. The van der Waals surface area contributed by atoms with E-state index in [1.807, 2.05) is 36.4 Å². The highest BCUT2D eigenvalue weighted by Crippen LogP contribution is 2.51. The van der Waals surface area contributed by atoms with E-state index in [4.69, 9.17) is 16.3 Å². The van der Waals surface area contributed by atoms with Crippen molar-refractivity contribution >= 4 is 29.2 Å². The molecule has 3 aromatic carbocycles. The van der Waals surface area contributed by atoms with Gasteiger partial charge in [0.25, 0.3) is 0 Å². The molecule has 35 heavy (non-hydrogen) atoms. The van der Waals surface area contributed by atoms with Gasteiger partial charge in [-0.15, -0.1) is 0 Å². The monoisotopic (exact) mass is 507 g/mol. The Hall–Kier alpha value is -1.93. The fraction of sp³-hybridized carbons (Fsp3) is 0.419. The summed E-state index contributed by atoms with van der Waals surface area (Å²) in [6.07, 6.45) is -2.62. The number of anilines is 1. The van der Waals surface area contributed by atoms with Gasteiger partial charge >= 0.3 is 0 Å². The fourth-order valence-corrected chi connectivity index (χ4v) is 6.63. The summed E-state index contributed by atoms with van der Waals surface area (Å²) in [5.74, 6) is 0. The molecule has 0 radical (unpaired) electrons. The maximum absolute atomic E-state index is 6.65. The maximum Gasteiger partial charge on any atom is 0.183 e. The van der Waals surface area contributed by atoms with Gasteiger partial charge in [0, 0.05) is 11.0 Å². The predicted octanol–water partition coefficient (Wildman–Crippen LogP) is 8.84. The van der Waals surface area contributed by atoms with Crippen LogP contribution in [0.5, 0.6) is 0 Å². The van der Waals surface area contributed by atoms with Gasteiger partial charge in [0.05, 0.1) is 6.61 Å². The van der Waals surface area contributed by atoms with Crippen molar-refractivity contribution in [2.24, 2.45) is 0 Å². The highest BCUT2D eigenvalue weighted by atomic mass is 32.4. The number of hydrogen-bond donors (Lipinski definition) is 1. The van der Waals surface area contributed by atoms with Gasteiger partial charge in [0.1, 0.15) is 0 Å². The summed E-state index contributed by atoms with van der Waals surface area (Å²) in [6.45, 7) is 21.0. The molecule has 2 nitrogen and oxygen atoms in total. The number of benzene rings is 3. The molecule has 0 spiro atoms. The molecule has 1 N–H and O–H groups in total. The highest BCUT2D eigenvalue weighted by molar-refractivity contribution is 8.16. The third-order valence-corrected chi connectivity index (χ3v) is 9.44. The molecule has 3 rings (SSSR count). The molecule has 0 aliphatic rings. The SMILES string of the molecule is CC(C)(C)c1cc(C(C)(C)C)c(N[P@](=S)(OCc2ccccc2)c2ccccc2)c(C(C)(C)C)c1. The number of hydrogen-bond acceptors (Lipinski definition) is 2. The van der Waals surface area contributed by atoms with Gasteiger partial charge in [0.2, 0.25) is 0 Å². The molecule has 0 unspecified atom stereocenters. The molecule has 0 saturated heterocycles. The minimum Gasteiger partial charge on any atom is -0.333 e. The second-order valence-electron chi connectivity index (χ2n) is 12.5. The summed E-state index contributed by atoms with van der Waals surface area (Å²) < 4.78 is 6.65. The van der Waals surface area contributed by atoms with Crippen LogP contribution in [0.4, 0.5) is 5.69 Å². The van der Waals surface area contributed by atoms with Crippen LogP contribution in [-0.4, -0.2) is 0 Å². The molecule has 0 aromatic heterocycles. The molecule has 0 fully saturated rings. The summed E-state index contributed by atoms with van der Waals surface area (Å²) in [4.78, 5) is 0. The third kappa shape index (κ3) is 6.85. The van der Waals surface area contributed by atoms with Crippen LogP contribution in [0.3, 0.4) is 0 Å². The molecule has 4 heteroatoms. The molecule has 188 valence electrons.